The lowest BCUT2D eigenvalue weighted by molar-refractivity contribution is 0.197. The maximum atomic E-state index is 8.04. The van der Waals surface area contributed by atoms with Gasteiger partial charge in [-0.05, 0) is 102 Å². The van der Waals surface area contributed by atoms with Crippen molar-refractivity contribution in [3.63, 3.8) is 0 Å². The Morgan fingerprint density at radius 2 is 0.494 bits per heavy atom. The Morgan fingerprint density at radius 1 is 0.316 bits per heavy atom. The molecule has 3 atom stereocenters. The maximum Gasteiger partial charge on any atom is 0.372 e. The first kappa shape index (κ1) is 66.1. The van der Waals surface area contributed by atoms with E-state index in [1.165, 1.54) is 0 Å². The summed E-state index contributed by atoms with van der Waals surface area (Å²) in [6.07, 6.45) is 12.4. The fourth-order valence-electron chi connectivity index (χ4n) is 10.2. The quantitative estimate of drug-likeness (QED) is 0.0313. The number of hydrogen-bond acceptors (Lipinski definition) is 12. The molecule has 3 unspecified atom stereocenters. The van der Waals surface area contributed by atoms with Crippen LogP contribution in [0.1, 0.15) is 6.92 Å². The van der Waals surface area contributed by atoms with Crippen LogP contribution in [-0.4, -0.2) is 121 Å². The Hall–Kier alpha value is -3.68. The molecule has 12 nitrogen and oxygen atoms in total. The second kappa shape index (κ2) is 32.2. The Morgan fingerprint density at radius 3 is 0.658 bits per heavy atom. The van der Waals surface area contributed by atoms with E-state index < -0.39 is 68.5 Å². The van der Waals surface area contributed by atoms with E-state index >= 15 is 0 Å². The smallest absolute Gasteiger partial charge is 0.372 e. The first-order chi connectivity index (χ1) is 38.1. The highest BCUT2D eigenvalue weighted by Gasteiger charge is 2.60. The summed E-state index contributed by atoms with van der Waals surface area (Å²) in [5.74, 6) is 0. The van der Waals surface area contributed by atoms with E-state index in [4.69, 9.17) is 51.9 Å². The van der Waals surface area contributed by atoms with E-state index in [-0.39, 0.29) is 0 Å². The minimum Gasteiger partial charge on any atom is -0.416 e. The van der Waals surface area contributed by atoms with Crippen molar-refractivity contribution in [3.05, 3.63) is 210 Å². The van der Waals surface area contributed by atoms with Gasteiger partial charge >= 0.3 is 68.5 Å². The predicted molar refractivity (Wildman–Crippen MR) is 341 cm³/mol. The Labute approximate surface area is 482 Å². The highest BCUT2D eigenvalue weighted by atomic mass is 28.5. The number of benzene rings is 4. The first-order valence-corrected chi connectivity index (χ1v) is 45.7. The van der Waals surface area contributed by atoms with E-state index in [1.807, 2.05) is 79.7 Å². The molecule has 4 aromatic rings. The molecule has 0 aliphatic carbocycles. The predicted octanol–water partition coefficient (Wildman–Crippen LogP) is 11.2. The third-order valence-corrected chi connectivity index (χ3v) is 47.8. The van der Waals surface area contributed by atoms with Crippen molar-refractivity contribution in [2.75, 3.05) is 52.9 Å². The maximum absolute atomic E-state index is 8.04. The molecule has 20 heteroatoms. The zero-order valence-electron chi connectivity index (χ0n) is 47.8. The molecule has 1 aliphatic rings. The first-order valence-electron chi connectivity index (χ1n) is 27.5. The minimum absolute atomic E-state index is 0.294. The molecule has 0 bridgehead atoms. The van der Waals surface area contributed by atoms with Crippen molar-refractivity contribution in [1.82, 2.24) is 0 Å². The van der Waals surface area contributed by atoms with Gasteiger partial charge in [0.1, 0.15) is 0 Å². The number of rotatable bonds is 39. The van der Waals surface area contributed by atoms with Crippen LogP contribution in [0.3, 0.4) is 0 Å². The molecule has 4 aromatic carbocycles. The van der Waals surface area contributed by atoms with Crippen LogP contribution in [0.4, 0.5) is 0 Å². The van der Waals surface area contributed by atoms with Crippen molar-refractivity contribution in [2.45, 2.75) is 81.5 Å². The molecule has 1 aliphatic heterocycles. The molecule has 0 N–H and O–H groups in total. The summed E-state index contributed by atoms with van der Waals surface area (Å²) in [5.41, 5.74) is 0. The standard InChI is InChI=1S/C59H88O12Si8/c1-13-41-61-76(60-20-8,56-33-25-21-26-34-56)52-48-72(9)68-73(10,49-53-77(62-42-14-2,63-43-15-3)57-35-27-22-28-36-57)70-75(12,51-55-79(66-46-18-6,67-47-19-7)59-39-31-24-32-40-59)71-74(11,69-72)50-54-78(64-44-16-4,65-45-17-5)58-37-29-23-30-38-58/h13-19,21-40H,1-7,20,41-55H2,8-12H3. The van der Waals surface area contributed by atoms with Gasteiger partial charge in [-0.2, -0.15) is 0 Å². The van der Waals surface area contributed by atoms with Crippen molar-refractivity contribution in [3.8, 4) is 0 Å². The largest absolute Gasteiger partial charge is 0.416 e. The zero-order chi connectivity index (χ0) is 57.2. The highest BCUT2D eigenvalue weighted by molar-refractivity contribution is 6.96. The fourth-order valence-corrected chi connectivity index (χ4v) is 52.8. The topological polar surface area (TPSA) is 111 Å². The molecule has 1 heterocycles. The van der Waals surface area contributed by atoms with Crippen molar-refractivity contribution in [2.24, 2.45) is 0 Å². The van der Waals surface area contributed by atoms with E-state index in [0.29, 0.717) is 101 Å². The normalized spacial score (nSPS) is 21.6. The summed E-state index contributed by atoms with van der Waals surface area (Å²) in [6.45, 7) is 41.5. The van der Waals surface area contributed by atoms with Gasteiger partial charge in [0.25, 0.3) is 0 Å². The minimum atomic E-state index is -3.50. The highest BCUT2D eigenvalue weighted by Crippen LogP contribution is 2.42. The van der Waals surface area contributed by atoms with Gasteiger partial charge in [-0.3, -0.25) is 0 Å². The van der Waals surface area contributed by atoms with Crippen molar-refractivity contribution in [1.29, 1.82) is 0 Å². The average Bonchev–Trinajstić information content (AvgIpc) is 3.51. The molecule has 0 amide bonds. The lowest BCUT2D eigenvalue weighted by Crippen LogP contribution is -2.69. The van der Waals surface area contributed by atoms with Crippen LogP contribution in [-0.2, 0) is 51.9 Å². The molecule has 0 radical (unpaired) electrons. The molecule has 5 rings (SSSR count). The third-order valence-electron chi connectivity index (χ3n) is 13.6. The molecule has 428 valence electrons. The molecule has 79 heavy (non-hydrogen) atoms. The lowest BCUT2D eigenvalue weighted by Gasteiger charge is -2.51. The summed E-state index contributed by atoms with van der Waals surface area (Å²) in [5, 5.41) is 3.99. The third kappa shape index (κ3) is 18.9. The van der Waals surface area contributed by atoms with Gasteiger partial charge in [-0.25, -0.2) is 0 Å². The molecule has 0 saturated carbocycles. The van der Waals surface area contributed by atoms with E-state index in [1.54, 1.807) is 42.5 Å². The Balaban J connectivity index is 1.76. The second-order valence-corrected chi connectivity index (χ2v) is 47.0. The second-order valence-electron chi connectivity index (χ2n) is 20.0. The van der Waals surface area contributed by atoms with Crippen LogP contribution in [0.15, 0.2) is 210 Å². The number of hydrogen-bond donors (Lipinski definition) is 0. The molecular formula is C59H88O12Si8. The van der Waals surface area contributed by atoms with Crippen LogP contribution in [0.5, 0.6) is 0 Å². The summed E-state index contributed by atoms with van der Waals surface area (Å²) >= 11 is 0. The molecule has 1 fully saturated rings. The van der Waals surface area contributed by atoms with Crippen LogP contribution in [0.25, 0.3) is 0 Å². The van der Waals surface area contributed by atoms with Crippen LogP contribution in [0.2, 0.25) is 74.5 Å². The zero-order valence-corrected chi connectivity index (χ0v) is 55.8. The fraction of sp³-hybridized carbons (Fsp3) is 0.356. The summed E-state index contributed by atoms with van der Waals surface area (Å²) in [4.78, 5) is 0. The monoisotopic (exact) mass is 1210 g/mol. The molecular weight excluding hydrogens is 1130 g/mol. The van der Waals surface area contributed by atoms with Crippen LogP contribution < -0.4 is 20.7 Å². The van der Waals surface area contributed by atoms with E-state index in [2.05, 4.69) is 121 Å². The molecule has 0 spiro atoms. The molecule has 1 saturated heterocycles. The van der Waals surface area contributed by atoms with Crippen LogP contribution in [0, 0.1) is 0 Å². The van der Waals surface area contributed by atoms with E-state index in [9.17, 15) is 0 Å². The van der Waals surface area contributed by atoms with Gasteiger partial charge in [0.15, 0.2) is 0 Å². The Kier molecular flexibility index (Phi) is 27.0. The summed E-state index contributed by atoms with van der Waals surface area (Å²) in [6, 6.07) is 45.0. The van der Waals surface area contributed by atoms with Crippen molar-refractivity contribution < 1.29 is 51.9 Å². The van der Waals surface area contributed by atoms with Gasteiger partial charge in [-0.1, -0.05) is 164 Å². The van der Waals surface area contributed by atoms with Gasteiger partial charge in [-0.15, -0.1) is 46.1 Å². The van der Waals surface area contributed by atoms with Gasteiger partial charge < -0.3 is 51.9 Å². The van der Waals surface area contributed by atoms with E-state index in [0.717, 1.165) is 20.7 Å². The lowest BCUT2D eigenvalue weighted by atomic mass is 10.4. The summed E-state index contributed by atoms with van der Waals surface area (Å²) in [7, 11) is -26.9. The summed E-state index contributed by atoms with van der Waals surface area (Å²) < 4.78 is 87.2. The van der Waals surface area contributed by atoms with Crippen LogP contribution >= 0.6 is 0 Å². The Bertz CT molecular complexity index is 2370. The van der Waals surface area contributed by atoms with Gasteiger partial charge in [0.05, 0.1) is 46.2 Å². The van der Waals surface area contributed by atoms with Crippen molar-refractivity contribution >= 4 is 89.2 Å². The van der Waals surface area contributed by atoms with Gasteiger partial charge in [0.2, 0.25) is 0 Å². The van der Waals surface area contributed by atoms with Gasteiger partial charge in [0, 0.05) is 6.61 Å². The molecule has 0 aromatic heterocycles. The average molecular weight is 1210 g/mol. The SMILES string of the molecule is C=CCO[Si](CC[Si]1(C)O[Si](C)(CC[Si](OCC=C)(OCC=C)c2ccccc2)O[Si](C)(CC[Si](OCC=C)(OCC=C)c2ccccc2)O[Si](C)(CC[Si](OCC=C)(OCC=C)c2ccccc2)O1)(OCC)c1ccccc1.